The molecule has 0 saturated heterocycles. The maximum absolute atomic E-state index is 12.7. The fourth-order valence-electron chi connectivity index (χ4n) is 2.37. The summed E-state index contributed by atoms with van der Waals surface area (Å²) in [5.74, 6) is 0. The molecule has 0 amide bonds. The summed E-state index contributed by atoms with van der Waals surface area (Å²) in [6.45, 7) is 1.02. The largest absolute Gasteiger partial charge is 0.385 e. The molecule has 1 aromatic carbocycles. The van der Waals surface area contributed by atoms with Gasteiger partial charge in [0.15, 0.2) is 0 Å². The Labute approximate surface area is 141 Å². The van der Waals surface area contributed by atoms with Crippen molar-refractivity contribution in [2.75, 3.05) is 20.3 Å². The number of ether oxygens (including phenoxy) is 1. The van der Waals surface area contributed by atoms with Gasteiger partial charge in [-0.3, -0.25) is 0 Å². The average Bonchev–Trinajstić information content (AvgIpc) is 2.50. The number of nitrogens with one attached hydrogen (secondary N) is 2. The standard InChI is InChI=1S/C14H20F2N2O3S.ClH/c1-21-6-2-5-18-22(19,20)12-4-3-10-8-13(14(15)16)17-9-11(10)7-12;/h3-4,7,13-14,17-18H,2,5-6,8-9H2,1H3;1H. The number of alkyl halides is 2. The van der Waals surface area contributed by atoms with E-state index < -0.39 is 22.5 Å². The van der Waals surface area contributed by atoms with Crippen molar-refractivity contribution in [1.29, 1.82) is 0 Å². The summed E-state index contributed by atoms with van der Waals surface area (Å²) in [6, 6.07) is 3.76. The topological polar surface area (TPSA) is 67.4 Å². The van der Waals surface area contributed by atoms with Crippen molar-refractivity contribution in [3.63, 3.8) is 0 Å². The second-order valence-electron chi connectivity index (χ2n) is 5.20. The van der Waals surface area contributed by atoms with E-state index in [2.05, 4.69) is 10.0 Å². The van der Waals surface area contributed by atoms with E-state index in [4.69, 9.17) is 4.74 Å². The molecule has 1 aromatic rings. The summed E-state index contributed by atoms with van der Waals surface area (Å²) in [7, 11) is -2.03. The van der Waals surface area contributed by atoms with Crippen molar-refractivity contribution in [3.8, 4) is 0 Å². The van der Waals surface area contributed by atoms with Crippen molar-refractivity contribution in [1.82, 2.24) is 10.0 Å². The third-order valence-electron chi connectivity index (χ3n) is 3.60. The molecule has 0 fully saturated rings. The van der Waals surface area contributed by atoms with Crippen LogP contribution in [0.4, 0.5) is 8.78 Å². The highest BCUT2D eigenvalue weighted by Gasteiger charge is 2.26. The highest BCUT2D eigenvalue weighted by atomic mass is 35.5. The van der Waals surface area contributed by atoms with Crippen LogP contribution in [0.15, 0.2) is 23.1 Å². The lowest BCUT2D eigenvalue weighted by molar-refractivity contribution is 0.0941. The monoisotopic (exact) mass is 370 g/mol. The second-order valence-corrected chi connectivity index (χ2v) is 6.97. The Kier molecular flexibility index (Phi) is 7.82. The van der Waals surface area contributed by atoms with Gasteiger partial charge in [-0.05, 0) is 36.1 Å². The van der Waals surface area contributed by atoms with Crippen molar-refractivity contribution in [2.24, 2.45) is 0 Å². The van der Waals surface area contributed by atoms with Crippen LogP contribution < -0.4 is 10.0 Å². The van der Waals surface area contributed by atoms with Gasteiger partial charge in [0.05, 0.1) is 10.9 Å². The fraction of sp³-hybridized carbons (Fsp3) is 0.571. The Balaban J connectivity index is 0.00000264. The van der Waals surface area contributed by atoms with E-state index in [1.165, 1.54) is 6.07 Å². The summed E-state index contributed by atoms with van der Waals surface area (Å²) in [5.41, 5.74) is 1.51. The van der Waals surface area contributed by atoms with Crippen LogP contribution in [0.1, 0.15) is 17.5 Å². The smallest absolute Gasteiger partial charge is 0.254 e. The number of fused-ring (bicyclic) bond motifs is 1. The molecule has 1 aliphatic heterocycles. The third kappa shape index (κ3) is 5.36. The molecule has 9 heteroatoms. The van der Waals surface area contributed by atoms with Gasteiger partial charge in [-0.25, -0.2) is 21.9 Å². The summed E-state index contributed by atoms with van der Waals surface area (Å²) in [4.78, 5) is 0.154. The van der Waals surface area contributed by atoms with Gasteiger partial charge in [-0.2, -0.15) is 0 Å². The van der Waals surface area contributed by atoms with Gasteiger partial charge in [-0.15, -0.1) is 12.4 Å². The SMILES string of the molecule is COCCCNS(=O)(=O)c1ccc2c(c1)CNC(C(F)F)C2.Cl. The minimum absolute atomic E-state index is 0. The molecule has 2 N–H and O–H groups in total. The molecule has 1 atom stereocenters. The average molecular weight is 371 g/mol. The van der Waals surface area contributed by atoms with Crippen LogP contribution in [0, 0.1) is 0 Å². The Morgan fingerprint density at radius 3 is 2.78 bits per heavy atom. The van der Waals surface area contributed by atoms with E-state index in [1.807, 2.05) is 0 Å². The normalized spacial score (nSPS) is 17.7. The maximum atomic E-state index is 12.7. The second kappa shape index (κ2) is 8.89. The van der Waals surface area contributed by atoms with Crippen LogP contribution in [0.25, 0.3) is 0 Å². The van der Waals surface area contributed by atoms with E-state index in [0.717, 1.165) is 11.1 Å². The minimum atomic E-state index is -3.59. The molecule has 1 unspecified atom stereocenters. The third-order valence-corrected chi connectivity index (χ3v) is 5.06. The number of benzene rings is 1. The fourth-order valence-corrected chi connectivity index (χ4v) is 3.49. The first-order valence-electron chi connectivity index (χ1n) is 7.06. The van der Waals surface area contributed by atoms with E-state index >= 15 is 0 Å². The predicted molar refractivity (Wildman–Crippen MR) is 85.7 cm³/mol. The van der Waals surface area contributed by atoms with E-state index in [-0.39, 0.29) is 30.3 Å². The van der Waals surface area contributed by atoms with E-state index in [0.29, 0.717) is 19.6 Å². The van der Waals surface area contributed by atoms with Gasteiger partial charge < -0.3 is 10.1 Å². The van der Waals surface area contributed by atoms with Gasteiger partial charge in [0, 0.05) is 26.8 Å². The molecule has 23 heavy (non-hydrogen) atoms. The first kappa shape index (κ1) is 20.2. The number of hydrogen-bond donors (Lipinski definition) is 2. The molecule has 132 valence electrons. The van der Waals surface area contributed by atoms with Gasteiger partial charge in [0.25, 0.3) is 6.43 Å². The molecule has 1 heterocycles. The van der Waals surface area contributed by atoms with Gasteiger partial charge >= 0.3 is 0 Å². The maximum Gasteiger partial charge on any atom is 0.254 e. The number of halogens is 3. The quantitative estimate of drug-likeness (QED) is 0.717. The molecule has 5 nitrogen and oxygen atoms in total. The lowest BCUT2D eigenvalue weighted by atomic mass is 9.96. The van der Waals surface area contributed by atoms with Crippen molar-refractivity contribution in [3.05, 3.63) is 29.3 Å². The van der Waals surface area contributed by atoms with Crippen LogP contribution in [0.5, 0.6) is 0 Å². The minimum Gasteiger partial charge on any atom is -0.385 e. The van der Waals surface area contributed by atoms with E-state index in [1.54, 1.807) is 19.2 Å². The molecule has 0 bridgehead atoms. The van der Waals surface area contributed by atoms with Gasteiger partial charge in [0.1, 0.15) is 0 Å². The molecule has 0 spiro atoms. The molecular weight excluding hydrogens is 350 g/mol. The van der Waals surface area contributed by atoms with Crippen LogP contribution in [0.2, 0.25) is 0 Å². The summed E-state index contributed by atoms with van der Waals surface area (Å²) < 4.78 is 57.1. The Hall–Kier alpha value is -0.800. The summed E-state index contributed by atoms with van der Waals surface area (Å²) in [6.07, 6.45) is -1.65. The number of methoxy groups -OCH3 is 1. The van der Waals surface area contributed by atoms with Crippen molar-refractivity contribution < 1.29 is 21.9 Å². The Morgan fingerprint density at radius 2 is 2.13 bits per heavy atom. The first-order chi connectivity index (χ1) is 10.4. The molecule has 0 aliphatic carbocycles. The van der Waals surface area contributed by atoms with Gasteiger partial charge in [0.2, 0.25) is 10.0 Å². The molecule has 0 aromatic heterocycles. The van der Waals surface area contributed by atoms with Crippen LogP contribution in [-0.2, 0) is 27.7 Å². The zero-order valence-electron chi connectivity index (χ0n) is 12.7. The van der Waals surface area contributed by atoms with Gasteiger partial charge in [-0.1, -0.05) is 6.07 Å². The number of hydrogen-bond acceptors (Lipinski definition) is 4. The first-order valence-corrected chi connectivity index (χ1v) is 8.54. The summed E-state index contributed by atoms with van der Waals surface area (Å²) in [5, 5.41) is 2.73. The highest BCUT2D eigenvalue weighted by molar-refractivity contribution is 7.89. The lowest BCUT2D eigenvalue weighted by Crippen LogP contribution is -2.41. The molecular formula is C14H21ClF2N2O3S. The number of rotatable bonds is 7. The predicted octanol–water partition coefficient (Wildman–Crippen LogP) is 1.70. The molecule has 1 aliphatic rings. The van der Waals surface area contributed by atoms with Crippen molar-refractivity contribution >= 4 is 22.4 Å². The zero-order valence-corrected chi connectivity index (χ0v) is 14.4. The van der Waals surface area contributed by atoms with Crippen molar-refractivity contribution in [2.45, 2.75) is 36.7 Å². The lowest BCUT2D eigenvalue weighted by Gasteiger charge is -2.25. The molecule has 2 rings (SSSR count). The summed E-state index contributed by atoms with van der Waals surface area (Å²) >= 11 is 0. The van der Waals surface area contributed by atoms with E-state index in [9.17, 15) is 17.2 Å². The molecule has 0 saturated carbocycles. The Morgan fingerprint density at radius 1 is 1.39 bits per heavy atom. The zero-order chi connectivity index (χ0) is 16.2. The van der Waals surface area contributed by atoms with Crippen LogP contribution in [-0.4, -0.2) is 41.1 Å². The van der Waals surface area contributed by atoms with Crippen LogP contribution >= 0.6 is 12.4 Å². The number of sulfonamides is 1. The Bertz CT molecular complexity index is 614. The van der Waals surface area contributed by atoms with Crippen LogP contribution in [0.3, 0.4) is 0 Å². The highest BCUT2D eigenvalue weighted by Crippen LogP contribution is 2.23. The molecule has 0 radical (unpaired) electrons.